The summed E-state index contributed by atoms with van der Waals surface area (Å²) in [6.07, 6.45) is 21.1. The van der Waals surface area contributed by atoms with E-state index in [1.54, 1.807) is 0 Å². The molecule has 4 nitrogen and oxygen atoms in total. The zero-order valence-corrected chi connectivity index (χ0v) is 16.0. The Morgan fingerprint density at radius 2 is 1.52 bits per heavy atom. The molecule has 4 heteroatoms. The average molecular weight is 355 g/mol. The third kappa shape index (κ3) is 19.0. The highest BCUT2D eigenvalue weighted by molar-refractivity contribution is 5.69. The first-order valence-corrected chi connectivity index (χ1v) is 9.95. The number of hydrogen-bond acceptors (Lipinski definition) is 4. The van der Waals surface area contributed by atoms with Gasteiger partial charge < -0.3 is 14.9 Å². The van der Waals surface area contributed by atoms with Gasteiger partial charge in [0, 0.05) is 6.42 Å². The minimum absolute atomic E-state index is 0.115. The van der Waals surface area contributed by atoms with Crippen molar-refractivity contribution < 1.29 is 19.7 Å². The second-order valence-corrected chi connectivity index (χ2v) is 6.50. The average Bonchev–Trinajstić information content (AvgIpc) is 2.62. The second kappa shape index (κ2) is 19.2. The quantitative estimate of drug-likeness (QED) is 0.226. The van der Waals surface area contributed by atoms with Crippen molar-refractivity contribution in [1.29, 1.82) is 0 Å². The summed E-state index contributed by atoms with van der Waals surface area (Å²) in [5, 5.41) is 17.7. The van der Waals surface area contributed by atoms with Crippen molar-refractivity contribution in [3.8, 4) is 0 Å². The van der Waals surface area contributed by atoms with Gasteiger partial charge in [-0.1, -0.05) is 63.3 Å². The molecule has 0 saturated carbocycles. The molecule has 0 aliphatic rings. The van der Waals surface area contributed by atoms with E-state index in [9.17, 15) is 4.79 Å². The van der Waals surface area contributed by atoms with E-state index >= 15 is 0 Å². The van der Waals surface area contributed by atoms with Crippen molar-refractivity contribution in [2.75, 3.05) is 13.2 Å². The predicted octanol–water partition coefficient (Wildman–Crippen LogP) is 4.70. The van der Waals surface area contributed by atoms with Crippen molar-refractivity contribution in [2.45, 2.75) is 90.1 Å². The molecule has 1 atom stereocenters. The summed E-state index contributed by atoms with van der Waals surface area (Å²) in [5.41, 5.74) is 0. The highest BCUT2D eigenvalue weighted by Gasteiger charge is 2.07. The Bertz CT molecular complexity index is 350. The minimum Gasteiger partial charge on any atom is -0.463 e. The number of carbonyl (C=O) groups excluding carboxylic acids is 1. The number of unbranched alkanes of at least 4 members (excludes halogenated alkanes) is 8. The van der Waals surface area contributed by atoms with Crippen LogP contribution >= 0.6 is 0 Å². The number of aliphatic hydroxyl groups excluding tert-OH is 2. The molecule has 0 saturated heterocycles. The van der Waals surface area contributed by atoms with Gasteiger partial charge in [0.05, 0.1) is 6.61 Å². The van der Waals surface area contributed by atoms with Crippen molar-refractivity contribution in [2.24, 2.45) is 0 Å². The van der Waals surface area contributed by atoms with E-state index < -0.39 is 6.10 Å². The van der Waals surface area contributed by atoms with Crippen LogP contribution in [-0.4, -0.2) is 35.5 Å². The van der Waals surface area contributed by atoms with Crippen LogP contribution in [0.3, 0.4) is 0 Å². The number of esters is 1. The first-order chi connectivity index (χ1) is 12.2. The molecule has 2 N–H and O–H groups in total. The molecular formula is C21H38O4. The lowest BCUT2D eigenvalue weighted by atomic mass is 10.1. The van der Waals surface area contributed by atoms with Crippen molar-refractivity contribution >= 4 is 5.97 Å². The summed E-state index contributed by atoms with van der Waals surface area (Å²) in [6, 6.07) is 0. The Morgan fingerprint density at radius 3 is 2.16 bits per heavy atom. The fourth-order valence-electron chi connectivity index (χ4n) is 2.39. The Morgan fingerprint density at radius 1 is 0.920 bits per heavy atom. The third-order valence-electron chi connectivity index (χ3n) is 3.98. The summed E-state index contributed by atoms with van der Waals surface area (Å²) in [5.74, 6) is -0.293. The van der Waals surface area contributed by atoms with E-state index in [0.717, 1.165) is 32.1 Å². The summed E-state index contributed by atoms with van der Waals surface area (Å²) in [7, 11) is 0. The lowest BCUT2D eigenvalue weighted by Crippen LogP contribution is -2.21. The molecule has 0 aromatic carbocycles. The van der Waals surface area contributed by atoms with Crippen LogP contribution in [0.2, 0.25) is 0 Å². The molecule has 0 bridgehead atoms. The molecule has 0 rings (SSSR count). The molecule has 0 amide bonds. The van der Waals surface area contributed by atoms with Crippen LogP contribution in [-0.2, 0) is 9.53 Å². The SMILES string of the molecule is CCCCC/C=C/C/C=C/CCCCCCCC(=O)OCC(O)CO. The normalized spacial score (nSPS) is 12.9. The van der Waals surface area contributed by atoms with Crippen LogP contribution in [0.1, 0.15) is 84.0 Å². The van der Waals surface area contributed by atoms with E-state index in [1.807, 2.05) is 0 Å². The second-order valence-electron chi connectivity index (χ2n) is 6.50. The Balaban J connectivity index is 3.30. The molecule has 0 aromatic heterocycles. The number of allylic oxidation sites excluding steroid dienone is 4. The highest BCUT2D eigenvalue weighted by atomic mass is 16.5. The van der Waals surface area contributed by atoms with E-state index in [4.69, 9.17) is 14.9 Å². The maximum atomic E-state index is 11.4. The fraction of sp³-hybridized carbons (Fsp3) is 0.762. The number of aliphatic hydroxyl groups is 2. The minimum atomic E-state index is -0.964. The first kappa shape index (κ1) is 23.9. The zero-order chi connectivity index (χ0) is 18.6. The Hall–Kier alpha value is -1.13. The maximum absolute atomic E-state index is 11.4. The molecule has 0 aliphatic carbocycles. The fourth-order valence-corrected chi connectivity index (χ4v) is 2.39. The van der Waals surface area contributed by atoms with Crippen LogP contribution in [0.5, 0.6) is 0 Å². The van der Waals surface area contributed by atoms with Crippen LogP contribution < -0.4 is 0 Å². The zero-order valence-electron chi connectivity index (χ0n) is 16.0. The number of ether oxygens (including phenoxy) is 1. The lowest BCUT2D eigenvalue weighted by molar-refractivity contribution is -0.147. The molecule has 0 aromatic rings. The van der Waals surface area contributed by atoms with Gasteiger partial charge in [0.2, 0.25) is 0 Å². The van der Waals surface area contributed by atoms with Gasteiger partial charge in [-0.05, 0) is 38.5 Å². The van der Waals surface area contributed by atoms with Crippen molar-refractivity contribution in [3.63, 3.8) is 0 Å². The van der Waals surface area contributed by atoms with Gasteiger partial charge in [-0.2, -0.15) is 0 Å². The summed E-state index contributed by atoms with van der Waals surface area (Å²) >= 11 is 0. The Kier molecular flexibility index (Phi) is 18.3. The van der Waals surface area contributed by atoms with Crippen LogP contribution in [0.25, 0.3) is 0 Å². The summed E-state index contributed by atoms with van der Waals surface area (Å²) in [6.45, 7) is 1.74. The van der Waals surface area contributed by atoms with Crippen LogP contribution in [0, 0.1) is 0 Å². The van der Waals surface area contributed by atoms with Gasteiger partial charge in [0.15, 0.2) is 0 Å². The number of carbonyl (C=O) groups is 1. The molecular weight excluding hydrogens is 316 g/mol. The summed E-state index contributed by atoms with van der Waals surface area (Å²) < 4.78 is 4.85. The van der Waals surface area contributed by atoms with Gasteiger partial charge in [-0.25, -0.2) is 0 Å². The molecule has 25 heavy (non-hydrogen) atoms. The number of rotatable bonds is 17. The summed E-state index contributed by atoms with van der Waals surface area (Å²) in [4.78, 5) is 11.4. The van der Waals surface area contributed by atoms with Crippen molar-refractivity contribution in [3.05, 3.63) is 24.3 Å². The van der Waals surface area contributed by atoms with Gasteiger partial charge >= 0.3 is 5.97 Å². The Labute approximate surface area is 154 Å². The number of hydrogen-bond donors (Lipinski definition) is 2. The van der Waals surface area contributed by atoms with Gasteiger partial charge in [0.25, 0.3) is 0 Å². The van der Waals surface area contributed by atoms with Crippen molar-refractivity contribution in [1.82, 2.24) is 0 Å². The lowest BCUT2D eigenvalue weighted by Gasteiger charge is -2.08. The van der Waals surface area contributed by atoms with E-state index in [1.165, 1.54) is 38.5 Å². The molecule has 1 unspecified atom stereocenters. The first-order valence-electron chi connectivity index (χ1n) is 9.95. The van der Waals surface area contributed by atoms with Crippen LogP contribution in [0.15, 0.2) is 24.3 Å². The standard InChI is InChI=1S/C21H38O4/c1-2-3-4-5-6-7-8-9-10-11-12-13-14-15-16-17-21(24)25-19-20(23)18-22/h6-7,9-10,20,22-23H,2-5,8,11-19H2,1H3/b7-6+,10-9+. The molecule has 146 valence electrons. The van der Waals surface area contributed by atoms with E-state index in [0.29, 0.717) is 6.42 Å². The molecule has 0 spiro atoms. The third-order valence-corrected chi connectivity index (χ3v) is 3.98. The van der Waals surface area contributed by atoms with Gasteiger partial charge in [0.1, 0.15) is 12.7 Å². The largest absolute Gasteiger partial charge is 0.463 e. The maximum Gasteiger partial charge on any atom is 0.305 e. The van der Waals surface area contributed by atoms with Gasteiger partial charge in [-0.3, -0.25) is 4.79 Å². The van der Waals surface area contributed by atoms with E-state index in [-0.39, 0.29) is 19.2 Å². The monoisotopic (exact) mass is 354 g/mol. The smallest absolute Gasteiger partial charge is 0.305 e. The molecule has 0 aliphatic heterocycles. The predicted molar refractivity (Wildman–Crippen MR) is 103 cm³/mol. The topological polar surface area (TPSA) is 66.8 Å². The highest BCUT2D eigenvalue weighted by Crippen LogP contribution is 2.08. The van der Waals surface area contributed by atoms with Gasteiger partial charge in [-0.15, -0.1) is 0 Å². The van der Waals surface area contributed by atoms with E-state index in [2.05, 4.69) is 31.2 Å². The molecule has 0 radical (unpaired) electrons. The molecule has 0 heterocycles. The van der Waals surface area contributed by atoms with Crippen LogP contribution in [0.4, 0.5) is 0 Å². The molecule has 0 fully saturated rings.